The number of fused-ring (bicyclic) bond motifs is 1. The fraction of sp³-hybridized carbons (Fsp3) is 0.158. The molecule has 1 aromatic heterocycles. The highest BCUT2D eigenvalue weighted by molar-refractivity contribution is 8.22. The van der Waals surface area contributed by atoms with Gasteiger partial charge in [-0.1, -0.05) is 42.2 Å². The second-order valence-corrected chi connectivity index (χ2v) is 7.82. The molecular weight excluding hydrogens is 396 g/mol. The van der Waals surface area contributed by atoms with Gasteiger partial charge in [-0.3, -0.25) is 9.78 Å². The van der Waals surface area contributed by atoms with Gasteiger partial charge in [-0.05, 0) is 35.4 Å². The Kier molecular flexibility index (Phi) is 5.96. The molecule has 144 valence electrons. The zero-order chi connectivity index (χ0) is 20.3. The maximum absolute atomic E-state index is 12.0. The third kappa shape index (κ3) is 4.68. The van der Waals surface area contributed by atoms with Gasteiger partial charge in [-0.15, -0.1) is 0 Å². The number of aromatic carboxylic acids is 1. The summed E-state index contributed by atoms with van der Waals surface area (Å²) in [6.45, 7) is 0.545. The van der Waals surface area contributed by atoms with E-state index < -0.39 is 5.97 Å². The van der Waals surface area contributed by atoms with E-state index in [2.05, 4.69) is 9.97 Å². The SMILES string of the molecule is CN(Cc1ccc2nc(N)[nH]c(=O)c2c1)C(=S)SCc1ccc(C(=O)O)cc1. The fourth-order valence-electron chi connectivity index (χ4n) is 2.64. The topological polar surface area (TPSA) is 112 Å². The van der Waals surface area contributed by atoms with Gasteiger partial charge in [-0.2, -0.15) is 0 Å². The lowest BCUT2D eigenvalue weighted by atomic mass is 10.1. The molecule has 0 aliphatic rings. The highest BCUT2D eigenvalue weighted by Crippen LogP contribution is 2.19. The van der Waals surface area contributed by atoms with Crippen LogP contribution in [-0.2, 0) is 12.3 Å². The highest BCUT2D eigenvalue weighted by Gasteiger charge is 2.09. The lowest BCUT2D eigenvalue weighted by Gasteiger charge is -2.19. The zero-order valence-corrected chi connectivity index (χ0v) is 16.6. The summed E-state index contributed by atoms with van der Waals surface area (Å²) < 4.78 is 0.701. The lowest BCUT2D eigenvalue weighted by molar-refractivity contribution is 0.0697. The summed E-state index contributed by atoms with van der Waals surface area (Å²) in [5, 5.41) is 9.42. The van der Waals surface area contributed by atoms with Crippen LogP contribution in [0.2, 0.25) is 0 Å². The molecule has 0 saturated carbocycles. The molecule has 3 aromatic rings. The number of carboxylic acids is 1. The lowest BCUT2D eigenvalue weighted by Crippen LogP contribution is -2.22. The van der Waals surface area contributed by atoms with E-state index in [0.717, 1.165) is 11.1 Å². The number of nitrogens with one attached hydrogen (secondary N) is 1. The molecule has 0 unspecified atom stereocenters. The van der Waals surface area contributed by atoms with Crippen molar-refractivity contribution in [1.82, 2.24) is 14.9 Å². The van der Waals surface area contributed by atoms with Crippen molar-refractivity contribution in [3.63, 3.8) is 0 Å². The first-order valence-corrected chi connectivity index (χ1v) is 9.71. The van der Waals surface area contributed by atoms with Crippen molar-refractivity contribution in [3.05, 3.63) is 69.5 Å². The summed E-state index contributed by atoms with van der Waals surface area (Å²) in [6.07, 6.45) is 0. The monoisotopic (exact) mass is 414 g/mol. The molecule has 9 heteroatoms. The molecule has 0 aliphatic heterocycles. The molecule has 0 radical (unpaired) electrons. The third-order valence-corrected chi connectivity index (χ3v) is 5.78. The van der Waals surface area contributed by atoms with Crippen LogP contribution in [0.25, 0.3) is 10.9 Å². The number of benzene rings is 2. The molecule has 0 atom stereocenters. The van der Waals surface area contributed by atoms with E-state index in [1.54, 1.807) is 36.4 Å². The number of hydrogen-bond acceptors (Lipinski definition) is 6. The van der Waals surface area contributed by atoms with Crippen LogP contribution in [0.5, 0.6) is 0 Å². The Hall–Kier alpha value is -2.91. The Balaban J connectivity index is 1.63. The van der Waals surface area contributed by atoms with Gasteiger partial charge in [0.2, 0.25) is 5.95 Å². The summed E-state index contributed by atoms with van der Waals surface area (Å²) in [7, 11) is 1.89. The average molecular weight is 415 g/mol. The van der Waals surface area contributed by atoms with Crippen molar-refractivity contribution in [2.75, 3.05) is 12.8 Å². The second kappa shape index (κ2) is 8.41. The predicted molar refractivity (Wildman–Crippen MR) is 116 cm³/mol. The van der Waals surface area contributed by atoms with Crippen LogP contribution in [0.15, 0.2) is 47.3 Å². The Bertz CT molecular complexity index is 1100. The minimum atomic E-state index is -0.943. The minimum absolute atomic E-state index is 0.0938. The molecule has 28 heavy (non-hydrogen) atoms. The molecule has 2 aromatic carbocycles. The Morgan fingerprint density at radius 2 is 1.93 bits per heavy atom. The van der Waals surface area contributed by atoms with Crippen molar-refractivity contribution < 1.29 is 9.90 Å². The predicted octanol–water partition coefficient (Wildman–Crippen LogP) is 2.85. The van der Waals surface area contributed by atoms with Crippen LogP contribution < -0.4 is 11.3 Å². The number of nitrogens with zero attached hydrogens (tertiary/aromatic N) is 2. The van der Waals surface area contributed by atoms with Gasteiger partial charge < -0.3 is 15.7 Å². The number of aromatic amines is 1. The van der Waals surface area contributed by atoms with Gasteiger partial charge in [0.25, 0.3) is 5.56 Å². The molecule has 0 saturated heterocycles. The van der Waals surface area contributed by atoms with Crippen LogP contribution in [0.1, 0.15) is 21.5 Å². The largest absolute Gasteiger partial charge is 0.478 e. The molecule has 0 spiro atoms. The molecule has 3 rings (SSSR count). The van der Waals surface area contributed by atoms with E-state index in [4.69, 9.17) is 23.1 Å². The smallest absolute Gasteiger partial charge is 0.335 e. The van der Waals surface area contributed by atoms with Gasteiger partial charge >= 0.3 is 5.97 Å². The van der Waals surface area contributed by atoms with E-state index >= 15 is 0 Å². The highest BCUT2D eigenvalue weighted by atomic mass is 32.2. The zero-order valence-electron chi connectivity index (χ0n) is 15.0. The van der Waals surface area contributed by atoms with E-state index in [9.17, 15) is 9.59 Å². The van der Waals surface area contributed by atoms with Crippen LogP contribution in [0, 0.1) is 0 Å². The van der Waals surface area contributed by atoms with Gasteiger partial charge in [0.15, 0.2) is 0 Å². The van der Waals surface area contributed by atoms with E-state index in [-0.39, 0.29) is 17.1 Å². The summed E-state index contributed by atoms with van der Waals surface area (Å²) in [5.41, 5.74) is 8.03. The number of carbonyl (C=O) groups is 1. The maximum Gasteiger partial charge on any atom is 0.335 e. The first-order chi connectivity index (χ1) is 13.3. The summed E-state index contributed by atoms with van der Waals surface area (Å²) >= 11 is 6.97. The number of rotatable bonds is 5. The molecule has 7 nitrogen and oxygen atoms in total. The number of thioether (sulfide) groups is 1. The number of nitrogens with two attached hydrogens (primary N) is 1. The molecule has 1 heterocycles. The van der Waals surface area contributed by atoms with E-state index in [0.29, 0.717) is 27.5 Å². The molecular formula is C19H18N4O3S2. The molecule has 0 amide bonds. The second-order valence-electron chi connectivity index (χ2n) is 6.22. The maximum atomic E-state index is 12.0. The van der Waals surface area contributed by atoms with E-state index in [1.807, 2.05) is 18.0 Å². The molecule has 0 bridgehead atoms. The number of carboxylic acid groups (broad SMARTS) is 1. The van der Waals surface area contributed by atoms with Crippen LogP contribution >= 0.6 is 24.0 Å². The fourth-order valence-corrected chi connectivity index (χ4v) is 3.65. The molecule has 0 aliphatic carbocycles. The van der Waals surface area contributed by atoms with Crippen molar-refractivity contribution in [2.45, 2.75) is 12.3 Å². The number of H-pyrrole nitrogens is 1. The number of thiocarbonyl (C=S) groups is 1. The first kappa shape index (κ1) is 19.8. The van der Waals surface area contributed by atoms with Gasteiger partial charge in [0.1, 0.15) is 4.32 Å². The Morgan fingerprint density at radius 1 is 1.25 bits per heavy atom. The standard InChI is InChI=1S/C19H18N4O3S2/c1-23(19(27)28-10-11-2-5-13(6-3-11)17(25)26)9-12-4-7-15-14(8-12)16(24)22-18(20)21-15/h2-8H,9-10H2,1H3,(H,25,26)(H3,20,21,22,24). The van der Waals surface area contributed by atoms with Crippen LogP contribution in [-0.4, -0.2) is 37.3 Å². The minimum Gasteiger partial charge on any atom is -0.478 e. The number of anilines is 1. The third-order valence-electron chi connectivity index (χ3n) is 4.08. The normalized spacial score (nSPS) is 10.8. The number of aromatic nitrogens is 2. The molecule has 0 fully saturated rings. The van der Waals surface area contributed by atoms with Crippen molar-refractivity contribution in [1.29, 1.82) is 0 Å². The van der Waals surface area contributed by atoms with Gasteiger partial charge in [0.05, 0.1) is 16.5 Å². The van der Waals surface area contributed by atoms with Crippen molar-refractivity contribution in [2.24, 2.45) is 0 Å². The van der Waals surface area contributed by atoms with Crippen molar-refractivity contribution >= 4 is 51.1 Å². The first-order valence-electron chi connectivity index (χ1n) is 8.32. The average Bonchev–Trinajstić information content (AvgIpc) is 2.66. The summed E-state index contributed by atoms with van der Waals surface area (Å²) in [6, 6.07) is 12.2. The quantitative estimate of drug-likeness (QED) is 0.547. The van der Waals surface area contributed by atoms with Crippen LogP contribution in [0.4, 0.5) is 5.95 Å². The summed E-state index contributed by atoms with van der Waals surface area (Å²) in [4.78, 5) is 31.5. The van der Waals surface area contributed by atoms with Crippen molar-refractivity contribution in [3.8, 4) is 0 Å². The number of hydrogen-bond donors (Lipinski definition) is 3. The number of nitrogen functional groups attached to an aromatic ring is 1. The van der Waals surface area contributed by atoms with Gasteiger partial charge in [-0.25, -0.2) is 9.78 Å². The van der Waals surface area contributed by atoms with Crippen LogP contribution in [0.3, 0.4) is 0 Å². The Labute approximate surface area is 170 Å². The Morgan fingerprint density at radius 3 is 2.61 bits per heavy atom. The molecule has 4 N–H and O–H groups in total. The van der Waals surface area contributed by atoms with E-state index in [1.165, 1.54) is 11.8 Å². The van der Waals surface area contributed by atoms with Gasteiger partial charge in [0, 0.05) is 19.3 Å². The summed E-state index contributed by atoms with van der Waals surface area (Å²) in [5.74, 6) is -0.207.